The molecular formula is C12H12N4O4S. The maximum absolute atomic E-state index is 12.1. The van der Waals surface area contributed by atoms with Gasteiger partial charge >= 0.3 is 6.03 Å². The number of carbonyl (C=O) groups excluding carboxylic acids is 2. The number of rotatable bonds is 5. The zero-order chi connectivity index (χ0) is 15.5. The third-order valence-electron chi connectivity index (χ3n) is 2.86. The van der Waals surface area contributed by atoms with E-state index in [2.05, 4.69) is 10.0 Å². The fraction of sp³-hybridized carbons (Fsp3) is 0.250. The summed E-state index contributed by atoms with van der Waals surface area (Å²) in [7, 11) is -3.87. The summed E-state index contributed by atoms with van der Waals surface area (Å²) < 4.78 is 26.4. The molecule has 1 aromatic carbocycles. The lowest BCUT2D eigenvalue weighted by molar-refractivity contribution is -0.124. The summed E-state index contributed by atoms with van der Waals surface area (Å²) in [6.07, 6.45) is 0. The summed E-state index contributed by atoms with van der Waals surface area (Å²) in [6, 6.07) is 7.03. The van der Waals surface area contributed by atoms with Crippen LogP contribution in [-0.2, 0) is 14.8 Å². The normalized spacial score (nSPS) is 14.9. The highest BCUT2D eigenvalue weighted by molar-refractivity contribution is 7.89. The molecule has 1 aliphatic rings. The number of imide groups is 1. The Kier molecular flexibility index (Phi) is 4.21. The molecule has 0 saturated carbocycles. The minimum Gasteiger partial charge on any atom is -0.329 e. The fourth-order valence-electron chi connectivity index (χ4n) is 1.84. The third kappa shape index (κ3) is 3.18. The molecule has 2 rings (SSSR count). The van der Waals surface area contributed by atoms with E-state index >= 15 is 0 Å². The van der Waals surface area contributed by atoms with Gasteiger partial charge in [0.2, 0.25) is 15.9 Å². The van der Waals surface area contributed by atoms with Crippen molar-refractivity contribution in [3.05, 3.63) is 29.8 Å². The van der Waals surface area contributed by atoms with Gasteiger partial charge in [0, 0.05) is 13.1 Å². The number of nitrogens with one attached hydrogen (secondary N) is 2. The molecule has 8 nitrogen and oxygen atoms in total. The molecule has 110 valence electrons. The predicted octanol–water partition coefficient (Wildman–Crippen LogP) is -0.612. The molecule has 0 unspecified atom stereocenters. The van der Waals surface area contributed by atoms with E-state index in [1.165, 1.54) is 18.2 Å². The van der Waals surface area contributed by atoms with Gasteiger partial charge in [0.1, 0.15) is 6.07 Å². The second kappa shape index (κ2) is 5.90. The Hall–Kier alpha value is -2.44. The Morgan fingerprint density at radius 1 is 1.33 bits per heavy atom. The van der Waals surface area contributed by atoms with Gasteiger partial charge in [0.05, 0.1) is 17.0 Å². The molecule has 3 amide bonds. The van der Waals surface area contributed by atoms with E-state index in [0.29, 0.717) is 0 Å². The quantitative estimate of drug-likeness (QED) is 0.703. The first-order valence-electron chi connectivity index (χ1n) is 6.02. The maximum Gasteiger partial charge on any atom is 0.324 e. The van der Waals surface area contributed by atoms with Crippen LogP contribution in [-0.4, -0.2) is 44.9 Å². The summed E-state index contributed by atoms with van der Waals surface area (Å²) in [5.74, 6) is -0.406. The largest absolute Gasteiger partial charge is 0.329 e. The number of benzene rings is 1. The van der Waals surface area contributed by atoms with Gasteiger partial charge in [-0.1, -0.05) is 12.1 Å². The van der Waals surface area contributed by atoms with Gasteiger partial charge in [-0.25, -0.2) is 17.9 Å². The number of amides is 3. The molecule has 0 radical (unpaired) electrons. The smallest absolute Gasteiger partial charge is 0.324 e. The maximum atomic E-state index is 12.1. The average molecular weight is 308 g/mol. The van der Waals surface area contributed by atoms with E-state index in [0.717, 1.165) is 4.90 Å². The molecule has 9 heteroatoms. The molecule has 0 spiro atoms. The van der Waals surface area contributed by atoms with Gasteiger partial charge in [-0.2, -0.15) is 5.26 Å². The van der Waals surface area contributed by atoms with Gasteiger partial charge in [-0.3, -0.25) is 9.69 Å². The molecule has 1 aromatic rings. The fourth-order valence-corrected chi connectivity index (χ4v) is 3.02. The lowest BCUT2D eigenvalue weighted by Crippen LogP contribution is -2.38. The van der Waals surface area contributed by atoms with Crippen LogP contribution in [0.1, 0.15) is 5.56 Å². The van der Waals surface area contributed by atoms with Crippen molar-refractivity contribution in [1.82, 2.24) is 14.9 Å². The van der Waals surface area contributed by atoms with Crippen LogP contribution < -0.4 is 10.0 Å². The van der Waals surface area contributed by atoms with E-state index in [1.54, 1.807) is 12.1 Å². The third-order valence-corrected chi connectivity index (χ3v) is 4.38. The molecule has 0 aliphatic carbocycles. The van der Waals surface area contributed by atoms with Crippen molar-refractivity contribution >= 4 is 22.0 Å². The highest BCUT2D eigenvalue weighted by Crippen LogP contribution is 2.13. The number of hydrogen-bond acceptors (Lipinski definition) is 5. The molecule has 0 atom stereocenters. The number of sulfonamides is 1. The zero-order valence-electron chi connectivity index (χ0n) is 10.9. The summed E-state index contributed by atoms with van der Waals surface area (Å²) >= 11 is 0. The lowest BCUT2D eigenvalue weighted by Gasteiger charge is -2.13. The average Bonchev–Trinajstić information content (AvgIpc) is 2.79. The van der Waals surface area contributed by atoms with Crippen molar-refractivity contribution in [2.45, 2.75) is 4.90 Å². The Balaban J connectivity index is 2.04. The van der Waals surface area contributed by atoms with Crippen LogP contribution in [0.15, 0.2) is 29.2 Å². The first-order valence-corrected chi connectivity index (χ1v) is 7.51. The van der Waals surface area contributed by atoms with E-state index in [9.17, 15) is 18.0 Å². The second-order valence-corrected chi connectivity index (χ2v) is 5.95. The van der Waals surface area contributed by atoms with Crippen molar-refractivity contribution in [2.24, 2.45) is 0 Å². The summed E-state index contributed by atoms with van der Waals surface area (Å²) in [5.41, 5.74) is 0.0278. The van der Waals surface area contributed by atoms with Crippen LogP contribution in [0, 0.1) is 11.3 Å². The second-order valence-electron chi connectivity index (χ2n) is 4.21. The highest BCUT2D eigenvalue weighted by atomic mass is 32.2. The Labute approximate surface area is 121 Å². The number of nitrogens with zero attached hydrogens (tertiary/aromatic N) is 2. The molecular weight excluding hydrogens is 296 g/mol. The molecule has 0 aromatic heterocycles. The number of hydrogen-bond donors (Lipinski definition) is 2. The Bertz CT molecular complexity index is 707. The Morgan fingerprint density at radius 2 is 2.05 bits per heavy atom. The van der Waals surface area contributed by atoms with Crippen LogP contribution in [0.4, 0.5) is 4.79 Å². The first kappa shape index (κ1) is 15.0. The summed E-state index contributed by atoms with van der Waals surface area (Å²) in [4.78, 5) is 23.4. The summed E-state index contributed by atoms with van der Waals surface area (Å²) in [6.45, 7) is -0.275. The van der Waals surface area contributed by atoms with Gasteiger partial charge in [0.25, 0.3) is 0 Å². The van der Waals surface area contributed by atoms with Gasteiger partial charge in [-0.05, 0) is 12.1 Å². The molecule has 21 heavy (non-hydrogen) atoms. The molecule has 0 bridgehead atoms. The molecule has 1 aliphatic heterocycles. The van der Waals surface area contributed by atoms with Crippen LogP contribution in [0.2, 0.25) is 0 Å². The van der Waals surface area contributed by atoms with Gasteiger partial charge < -0.3 is 5.32 Å². The van der Waals surface area contributed by atoms with Crippen molar-refractivity contribution in [3.8, 4) is 6.07 Å². The SMILES string of the molecule is N#Cc1ccccc1S(=O)(=O)NCCN1C(=O)CNC1=O. The van der Waals surface area contributed by atoms with Crippen molar-refractivity contribution in [3.63, 3.8) is 0 Å². The van der Waals surface area contributed by atoms with Crippen LogP contribution in [0.25, 0.3) is 0 Å². The topological polar surface area (TPSA) is 119 Å². The van der Waals surface area contributed by atoms with Crippen LogP contribution in [0.5, 0.6) is 0 Å². The number of nitriles is 1. The van der Waals surface area contributed by atoms with Crippen molar-refractivity contribution in [1.29, 1.82) is 5.26 Å². The van der Waals surface area contributed by atoms with Crippen LogP contribution in [0.3, 0.4) is 0 Å². The minimum atomic E-state index is -3.87. The molecule has 2 N–H and O–H groups in total. The monoisotopic (exact) mass is 308 g/mol. The molecule has 1 saturated heterocycles. The molecule has 1 fully saturated rings. The standard InChI is InChI=1S/C12H12N4O4S/c13-7-9-3-1-2-4-10(9)21(19,20)15-5-6-16-11(17)8-14-12(16)18/h1-4,15H,5-6,8H2,(H,14,18). The van der Waals surface area contributed by atoms with E-state index in [1.807, 2.05) is 0 Å². The van der Waals surface area contributed by atoms with Gasteiger partial charge in [-0.15, -0.1) is 0 Å². The minimum absolute atomic E-state index is 0.0278. The zero-order valence-corrected chi connectivity index (χ0v) is 11.7. The van der Waals surface area contributed by atoms with Gasteiger partial charge in [0.15, 0.2) is 0 Å². The first-order chi connectivity index (χ1) is 9.95. The summed E-state index contributed by atoms with van der Waals surface area (Å²) in [5, 5.41) is 11.2. The molecule has 1 heterocycles. The number of urea groups is 1. The number of carbonyl (C=O) groups is 2. The van der Waals surface area contributed by atoms with E-state index in [4.69, 9.17) is 5.26 Å². The Morgan fingerprint density at radius 3 is 2.67 bits per heavy atom. The predicted molar refractivity (Wildman–Crippen MR) is 71.5 cm³/mol. The van der Waals surface area contributed by atoms with Crippen molar-refractivity contribution in [2.75, 3.05) is 19.6 Å². The van der Waals surface area contributed by atoms with Crippen LogP contribution >= 0.6 is 0 Å². The van der Waals surface area contributed by atoms with E-state index < -0.39 is 22.0 Å². The highest BCUT2D eigenvalue weighted by Gasteiger charge is 2.28. The van der Waals surface area contributed by atoms with Crippen molar-refractivity contribution < 1.29 is 18.0 Å². The lowest BCUT2D eigenvalue weighted by atomic mass is 10.2. The van der Waals surface area contributed by atoms with E-state index in [-0.39, 0.29) is 30.1 Å².